The van der Waals surface area contributed by atoms with Crippen molar-refractivity contribution < 1.29 is 4.42 Å². The van der Waals surface area contributed by atoms with Gasteiger partial charge in [-0.25, -0.2) is 0 Å². The van der Waals surface area contributed by atoms with Crippen molar-refractivity contribution in [1.29, 1.82) is 0 Å². The maximum atomic E-state index is 6.29. The number of hydrogen-bond acceptors (Lipinski definition) is 2. The third-order valence-corrected chi connectivity index (χ3v) is 4.58. The second-order valence-electron chi connectivity index (χ2n) is 4.79. The van der Waals surface area contributed by atoms with Crippen LogP contribution < -0.4 is 5.73 Å². The molecule has 0 aliphatic carbocycles. The minimum atomic E-state index is -0.310. The number of para-hydroxylation sites is 1. The predicted octanol–water partition coefficient (Wildman–Crippen LogP) is 5.21. The number of halogens is 2. The molecule has 0 saturated heterocycles. The molecule has 2 nitrogen and oxygen atoms in total. The number of hydrogen-bond donors (Lipinski definition) is 1. The van der Waals surface area contributed by atoms with Crippen LogP contribution in [0.15, 0.2) is 51.4 Å². The molecule has 1 aromatic heterocycles. The van der Waals surface area contributed by atoms with Crippen LogP contribution in [0.4, 0.5) is 0 Å². The summed E-state index contributed by atoms with van der Waals surface area (Å²) in [5.74, 6) is 0.753. The summed E-state index contributed by atoms with van der Waals surface area (Å²) in [4.78, 5) is 0. The monoisotopic (exact) mass is 349 g/mol. The van der Waals surface area contributed by atoms with Crippen molar-refractivity contribution in [2.24, 2.45) is 5.73 Å². The Hall–Kier alpha value is -1.29. The summed E-state index contributed by atoms with van der Waals surface area (Å²) in [6, 6.07) is 13.4. The third-order valence-electron chi connectivity index (χ3n) is 3.37. The summed E-state index contributed by atoms with van der Waals surface area (Å²) in [6.45, 7) is 2.03. The molecule has 0 aliphatic rings. The van der Waals surface area contributed by atoms with Gasteiger partial charge in [0.15, 0.2) is 0 Å². The van der Waals surface area contributed by atoms with Gasteiger partial charge < -0.3 is 10.2 Å². The van der Waals surface area contributed by atoms with Crippen LogP contribution in [0, 0.1) is 6.92 Å². The fraction of sp³-hybridized carbons (Fsp3) is 0.125. The Morgan fingerprint density at radius 2 is 2.00 bits per heavy atom. The van der Waals surface area contributed by atoms with Gasteiger partial charge in [0.05, 0.1) is 11.1 Å². The lowest BCUT2D eigenvalue weighted by Gasteiger charge is -2.10. The fourth-order valence-electron chi connectivity index (χ4n) is 2.25. The Labute approximate surface area is 130 Å². The predicted molar refractivity (Wildman–Crippen MR) is 86.1 cm³/mol. The van der Waals surface area contributed by atoms with E-state index in [1.165, 1.54) is 0 Å². The number of furan rings is 1. The molecular formula is C16H13BrClNO. The van der Waals surface area contributed by atoms with Crippen LogP contribution in [0.1, 0.15) is 22.9 Å². The van der Waals surface area contributed by atoms with Crippen molar-refractivity contribution in [3.63, 3.8) is 0 Å². The molecule has 0 saturated carbocycles. The van der Waals surface area contributed by atoms with Gasteiger partial charge in [0.25, 0.3) is 0 Å². The Balaban J connectivity index is 2.05. The van der Waals surface area contributed by atoms with Crippen LogP contribution in [0.5, 0.6) is 0 Å². The zero-order valence-electron chi connectivity index (χ0n) is 10.9. The van der Waals surface area contributed by atoms with E-state index in [1.807, 2.05) is 49.4 Å². The van der Waals surface area contributed by atoms with Gasteiger partial charge in [-0.15, -0.1) is 0 Å². The maximum absolute atomic E-state index is 6.29. The lowest BCUT2D eigenvalue weighted by Crippen LogP contribution is -2.10. The summed E-state index contributed by atoms with van der Waals surface area (Å²) >= 11 is 9.42. The van der Waals surface area contributed by atoms with Gasteiger partial charge in [0.1, 0.15) is 11.3 Å². The van der Waals surface area contributed by atoms with E-state index >= 15 is 0 Å². The second-order valence-corrected chi connectivity index (χ2v) is 6.05. The SMILES string of the molecule is Cc1cccc2cc(C(N)c3ccc(Cl)c(Br)c3)oc12. The standard InChI is InChI=1S/C16H13BrClNO/c1-9-3-2-4-11-8-14(20-16(9)11)15(19)10-5-6-13(18)12(17)7-10/h2-8,15H,19H2,1H3. The Morgan fingerprint density at radius 1 is 1.20 bits per heavy atom. The molecule has 0 bridgehead atoms. The molecule has 0 aliphatic heterocycles. The molecule has 0 radical (unpaired) electrons. The van der Waals surface area contributed by atoms with Gasteiger partial charge in [0, 0.05) is 9.86 Å². The highest BCUT2D eigenvalue weighted by Crippen LogP contribution is 2.31. The fourth-order valence-corrected chi connectivity index (χ4v) is 2.77. The van der Waals surface area contributed by atoms with Crippen LogP contribution in [0.3, 0.4) is 0 Å². The molecule has 1 atom stereocenters. The van der Waals surface area contributed by atoms with Crippen molar-refractivity contribution in [3.05, 3.63) is 68.8 Å². The smallest absolute Gasteiger partial charge is 0.137 e. The highest BCUT2D eigenvalue weighted by molar-refractivity contribution is 9.10. The van der Waals surface area contributed by atoms with Gasteiger partial charge in [-0.2, -0.15) is 0 Å². The van der Waals surface area contributed by atoms with Gasteiger partial charge in [-0.05, 0) is 52.2 Å². The van der Waals surface area contributed by atoms with E-state index in [0.717, 1.165) is 32.3 Å². The van der Waals surface area contributed by atoms with Crippen molar-refractivity contribution in [1.82, 2.24) is 0 Å². The Bertz CT molecular complexity index is 781. The average Bonchev–Trinajstić information content (AvgIpc) is 2.86. The van der Waals surface area contributed by atoms with Crippen LogP contribution >= 0.6 is 27.5 Å². The van der Waals surface area contributed by atoms with Crippen LogP contribution in [-0.2, 0) is 0 Å². The molecule has 0 fully saturated rings. The normalized spacial score (nSPS) is 12.8. The van der Waals surface area contributed by atoms with Crippen molar-refractivity contribution in [3.8, 4) is 0 Å². The first-order chi connectivity index (χ1) is 9.56. The maximum Gasteiger partial charge on any atom is 0.137 e. The Morgan fingerprint density at radius 3 is 2.70 bits per heavy atom. The van der Waals surface area contributed by atoms with Gasteiger partial charge in [-0.1, -0.05) is 35.9 Å². The zero-order valence-corrected chi connectivity index (χ0v) is 13.2. The molecule has 2 N–H and O–H groups in total. The van der Waals surface area contributed by atoms with Crippen LogP contribution in [-0.4, -0.2) is 0 Å². The number of nitrogens with two attached hydrogens (primary N) is 1. The zero-order chi connectivity index (χ0) is 14.3. The average molecular weight is 351 g/mol. The number of fused-ring (bicyclic) bond motifs is 1. The summed E-state index contributed by atoms with van der Waals surface area (Å²) in [7, 11) is 0. The lowest BCUT2D eigenvalue weighted by molar-refractivity contribution is 0.523. The van der Waals surface area contributed by atoms with E-state index in [-0.39, 0.29) is 6.04 Å². The minimum absolute atomic E-state index is 0.310. The summed E-state index contributed by atoms with van der Waals surface area (Å²) in [5.41, 5.74) is 9.25. The van der Waals surface area contributed by atoms with Crippen molar-refractivity contribution in [2.75, 3.05) is 0 Å². The van der Waals surface area contributed by atoms with E-state index in [2.05, 4.69) is 15.9 Å². The van der Waals surface area contributed by atoms with E-state index in [9.17, 15) is 0 Å². The van der Waals surface area contributed by atoms with E-state index in [1.54, 1.807) is 0 Å². The van der Waals surface area contributed by atoms with Crippen molar-refractivity contribution >= 4 is 38.5 Å². The topological polar surface area (TPSA) is 39.2 Å². The second kappa shape index (κ2) is 5.24. The number of rotatable bonds is 2. The first-order valence-corrected chi connectivity index (χ1v) is 7.43. The van der Waals surface area contributed by atoms with E-state index in [0.29, 0.717) is 5.02 Å². The molecule has 1 unspecified atom stereocenters. The van der Waals surface area contributed by atoms with Crippen LogP contribution in [0.2, 0.25) is 5.02 Å². The summed E-state index contributed by atoms with van der Waals surface area (Å²) in [5, 5.41) is 1.74. The molecule has 3 rings (SSSR count). The third kappa shape index (κ3) is 2.37. The number of aryl methyl sites for hydroxylation is 1. The largest absolute Gasteiger partial charge is 0.459 e. The molecular weight excluding hydrogens is 338 g/mol. The molecule has 2 aromatic carbocycles. The van der Waals surface area contributed by atoms with Gasteiger partial charge >= 0.3 is 0 Å². The highest BCUT2D eigenvalue weighted by atomic mass is 79.9. The quantitative estimate of drug-likeness (QED) is 0.689. The highest BCUT2D eigenvalue weighted by Gasteiger charge is 2.15. The van der Waals surface area contributed by atoms with Gasteiger partial charge in [0.2, 0.25) is 0 Å². The minimum Gasteiger partial charge on any atom is -0.459 e. The summed E-state index contributed by atoms with van der Waals surface area (Å²) in [6.07, 6.45) is 0. The molecule has 1 heterocycles. The molecule has 0 spiro atoms. The molecule has 4 heteroatoms. The molecule has 102 valence electrons. The number of benzene rings is 2. The van der Waals surface area contributed by atoms with Crippen LogP contribution in [0.25, 0.3) is 11.0 Å². The summed E-state index contributed by atoms with van der Waals surface area (Å²) < 4.78 is 6.74. The van der Waals surface area contributed by atoms with Crippen molar-refractivity contribution in [2.45, 2.75) is 13.0 Å². The van der Waals surface area contributed by atoms with Gasteiger partial charge in [-0.3, -0.25) is 0 Å². The molecule has 0 amide bonds. The molecule has 20 heavy (non-hydrogen) atoms. The molecule has 3 aromatic rings. The lowest BCUT2D eigenvalue weighted by atomic mass is 10.1. The first-order valence-electron chi connectivity index (χ1n) is 6.26. The Kier molecular flexibility index (Phi) is 3.59. The first kappa shape index (κ1) is 13.7. The van der Waals surface area contributed by atoms with E-state index in [4.69, 9.17) is 21.8 Å². The van der Waals surface area contributed by atoms with E-state index < -0.39 is 0 Å².